The number of benzene rings is 2. The van der Waals surface area contributed by atoms with E-state index in [-0.39, 0.29) is 5.91 Å². The Hall–Kier alpha value is -2.13. The van der Waals surface area contributed by atoms with Crippen molar-refractivity contribution in [3.8, 4) is 11.1 Å². The maximum atomic E-state index is 12.7. The van der Waals surface area contributed by atoms with Gasteiger partial charge in [0.25, 0.3) is 5.91 Å². The molecule has 3 rings (SSSR count). The van der Waals surface area contributed by atoms with E-state index in [1.165, 1.54) is 5.56 Å². The van der Waals surface area contributed by atoms with Crippen LogP contribution in [0.4, 0.5) is 0 Å². The van der Waals surface area contributed by atoms with Gasteiger partial charge in [0.1, 0.15) is 0 Å². The van der Waals surface area contributed by atoms with Gasteiger partial charge in [0, 0.05) is 37.8 Å². The summed E-state index contributed by atoms with van der Waals surface area (Å²) in [5.74, 6) is 0.151. The van der Waals surface area contributed by atoms with Crippen molar-refractivity contribution in [3.05, 3.63) is 60.2 Å². The zero-order chi connectivity index (χ0) is 16.9. The average Bonchev–Trinajstić information content (AvgIpc) is 2.68. The molecule has 1 heterocycles. The lowest BCUT2D eigenvalue weighted by Gasteiger charge is -2.37. The Morgan fingerprint density at radius 1 is 0.917 bits per heavy atom. The van der Waals surface area contributed by atoms with Crippen molar-refractivity contribution in [1.29, 1.82) is 0 Å². The van der Waals surface area contributed by atoms with Gasteiger partial charge in [0.15, 0.2) is 0 Å². The monoisotopic (exact) mass is 322 g/mol. The van der Waals surface area contributed by atoms with Crippen LogP contribution in [0.15, 0.2) is 54.6 Å². The summed E-state index contributed by atoms with van der Waals surface area (Å²) in [5.41, 5.74) is 3.11. The minimum absolute atomic E-state index is 0.151. The predicted octanol–water partition coefficient (Wildman–Crippen LogP) is 3.91. The van der Waals surface area contributed by atoms with Crippen molar-refractivity contribution < 1.29 is 4.79 Å². The Morgan fingerprint density at radius 3 is 2.08 bits per heavy atom. The van der Waals surface area contributed by atoms with E-state index in [4.69, 9.17) is 0 Å². The second-order valence-electron chi connectivity index (χ2n) is 6.53. The first-order valence-electron chi connectivity index (χ1n) is 8.88. The number of hydrogen-bond donors (Lipinski definition) is 0. The molecule has 2 aromatic rings. The molecule has 0 aromatic heterocycles. The highest BCUT2D eigenvalue weighted by Crippen LogP contribution is 2.20. The van der Waals surface area contributed by atoms with Crippen LogP contribution in [0.1, 0.15) is 30.6 Å². The van der Waals surface area contributed by atoms with Crippen LogP contribution in [0.25, 0.3) is 11.1 Å². The molecule has 1 aliphatic rings. The Balaban J connectivity index is 1.64. The van der Waals surface area contributed by atoms with Crippen LogP contribution in [0.3, 0.4) is 0 Å². The molecule has 0 aliphatic carbocycles. The number of hydrogen-bond acceptors (Lipinski definition) is 2. The van der Waals surface area contributed by atoms with Gasteiger partial charge in [-0.2, -0.15) is 0 Å². The summed E-state index contributed by atoms with van der Waals surface area (Å²) in [6.45, 7) is 8.08. The number of rotatable bonds is 4. The van der Waals surface area contributed by atoms with Crippen LogP contribution in [-0.2, 0) is 0 Å². The normalized spacial score (nSPS) is 16.8. The molecule has 2 aromatic carbocycles. The fourth-order valence-electron chi connectivity index (χ4n) is 3.24. The third-order valence-corrected chi connectivity index (χ3v) is 5.05. The molecule has 0 unspecified atom stereocenters. The lowest BCUT2D eigenvalue weighted by atomic mass is 10.0. The molecular weight excluding hydrogens is 296 g/mol. The van der Waals surface area contributed by atoms with Gasteiger partial charge in [-0.25, -0.2) is 0 Å². The molecule has 0 radical (unpaired) electrons. The van der Waals surface area contributed by atoms with Crippen molar-refractivity contribution in [1.82, 2.24) is 9.80 Å². The third kappa shape index (κ3) is 3.68. The van der Waals surface area contributed by atoms with Gasteiger partial charge in [-0.15, -0.1) is 0 Å². The topological polar surface area (TPSA) is 23.6 Å². The van der Waals surface area contributed by atoms with Crippen molar-refractivity contribution in [2.24, 2.45) is 0 Å². The lowest BCUT2D eigenvalue weighted by molar-refractivity contribution is 0.0579. The van der Waals surface area contributed by atoms with E-state index in [2.05, 4.69) is 30.9 Å². The Kier molecular flexibility index (Phi) is 5.31. The zero-order valence-electron chi connectivity index (χ0n) is 14.6. The standard InChI is InChI=1S/C21H26N2O/c1-3-17(2)22-13-15-23(16-14-22)21(24)20-11-9-19(10-12-20)18-7-5-4-6-8-18/h4-12,17H,3,13-16H2,1-2H3/t17-/m1/s1. The molecule has 0 N–H and O–H groups in total. The van der Waals surface area contributed by atoms with Crippen molar-refractivity contribution in [2.75, 3.05) is 26.2 Å². The second-order valence-corrected chi connectivity index (χ2v) is 6.53. The number of amides is 1. The number of carbonyl (C=O) groups excluding carboxylic acids is 1. The van der Waals surface area contributed by atoms with Gasteiger partial charge in [0.05, 0.1) is 0 Å². The molecular formula is C21H26N2O. The Morgan fingerprint density at radius 2 is 1.50 bits per heavy atom. The molecule has 0 spiro atoms. The average molecular weight is 322 g/mol. The van der Waals surface area contributed by atoms with Crippen LogP contribution in [0, 0.1) is 0 Å². The van der Waals surface area contributed by atoms with E-state index < -0.39 is 0 Å². The first-order valence-corrected chi connectivity index (χ1v) is 8.88. The first-order chi connectivity index (χ1) is 11.7. The smallest absolute Gasteiger partial charge is 0.253 e. The zero-order valence-corrected chi connectivity index (χ0v) is 14.6. The summed E-state index contributed by atoms with van der Waals surface area (Å²) in [4.78, 5) is 17.2. The summed E-state index contributed by atoms with van der Waals surface area (Å²) >= 11 is 0. The Labute approximate surface area is 144 Å². The Bertz CT molecular complexity index is 658. The number of piperazine rings is 1. The van der Waals surface area contributed by atoms with Gasteiger partial charge in [0.2, 0.25) is 0 Å². The van der Waals surface area contributed by atoms with Crippen LogP contribution >= 0.6 is 0 Å². The fourth-order valence-corrected chi connectivity index (χ4v) is 3.24. The molecule has 1 fully saturated rings. The van der Waals surface area contributed by atoms with Gasteiger partial charge in [-0.1, -0.05) is 49.4 Å². The summed E-state index contributed by atoms with van der Waals surface area (Å²) in [7, 11) is 0. The van der Waals surface area contributed by atoms with Gasteiger partial charge in [-0.05, 0) is 36.6 Å². The van der Waals surface area contributed by atoms with Crippen molar-refractivity contribution >= 4 is 5.91 Å². The highest BCUT2D eigenvalue weighted by atomic mass is 16.2. The summed E-state index contributed by atoms with van der Waals surface area (Å²) in [6, 6.07) is 18.8. The fraction of sp³-hybridized carbons (Fsp3) is 0.381. The van der Waals surface area contributed by atoms with E-state index in [0.717, 1.165) is 43.7 Å². The highest BCUT2D eigenvalue weighted by molar-refractivity contribution is 5.94. The SMILES string of the molecule is CC[C@@H](C)N1CCN(C(=O)c2ccc(-c3ccccc3)cc2)CC1. The highest BCUT2D eigenvalue weighted by Gasteiger charge is 2.24. The third-order valence-electron chi connectivity index (χ3n) is 5.05. The van der Waals surface area contributed by atoms with Gasteiger partial charge < -0.3 is 4.90 Å². The minimum atomic E-state index is 0.151. The van der Waals surface area contributed by atoms with Crippen molar-refractivity contribution in [2.45, 2.75) is 26.3 Å². The van der Waals surface area contributed by atoms with Crippen LogP contribution in [0.2, 0.25) is 0 Å². The molecule has 1 atom stereocenters. The largest absolute Gasteiger partial charge is 0.336 e. The van der Waals surface area contributed by atoms with Gasteiger partial charge in [-0.3, -0.25) is 9.69 Å². The van der Waals surface area contributed by atoms with Gasteiger partial charge >= 0.3 is 0 Å². The lowest BCUT2D eigenvalue weighted by Crippen LogP contribution is -2.51. The minimum Gasteiger partial charge on any atom is -0.336 e. The maximum absolute atomic E-state index is 12.7. The molecule has 3 heteroatoms. The second kappa shape index (κ2) is 7.63. The number of nitrogens with zero attached hydrogens (tertiary/aromatic N) is 2. The van der Waals surface area contributed by atoms with Crippen LogP contribution < -0.4 is 0 Å². The molecule has 1 amide bonds. The molecule has 0 bridgehead atoms. The molecule has 0 saturated carbocycles. The van der Waals surface area contributed by atoms with E-state index >= 15 is 0 Å². The van der Waals surface area contributed by atoms with E-state index in [9.17, 15) is 4.79 Å². The summed E-state index contributed by atoms with van der Waals surface area (Å²) < 4.78 is 0. The molecule has 126 valence electrons. The number of carbonyl (C=O) groups is 1. The molecule has 1 aliphatic heterocycles. The summed E-state index contributed by atoms with van der Waals surface area (Å²) in [5, 5.41) is 0. The molecule has 24 heavy (non-hydrogen) atoms. The van der Waals surface area contributed by atoms with Crippen LogP contribution in [0.5, 0.6) is 0 Å². The molecule has 3 nitrogen and oxygen atoms in total. The first kappa shape index (κ1) is 16.7. The van der Waals surface area contributed by atoms with E-state index in [0.29, 0.717) is 6.04 Å². The quantitative estimate of drug-likeness (QED) is 0.852. The maximum Gasteiger partial charge on any atom is 0.253 e. The van der Waals surface area contributed by atoms with Crippen LogP contribution in [-0.4, -0.2) is 47.9 Å². The molecule has 1 saturated heterocycles. The van der Waals surface area contributed by atoms with E-state index in [1.807, 2.05) is 47.4 Å². The predicted molar refractivity (Wildman–Crippen MR) is 99.1 cm³/mol. The van der Waals surface area contributed by atoms with E-state index in [1.54, 1.807) is 0 Å². The van der Waals surface area contributed by atoms with Crippen molar-refractivity contribution in [3.63, 3.8) is 0 Å². The summed E-state index contributed by atoms with van der Waals surface area (Å²) in [6.07, 6.45) is 1.16.